The molecule has 2 heterocycles. The van der Waals surface area contributed by atoms with E-state index >= 15 is 0 Å². The molecule has 30 heavy (non-hydrogen) atoms. The third-order valence-electron chi connectivity index (χ3n) is 5.37. The molecule has 1 radical (unpaired) electrons. The lowest BCUT2D eigenvalue weighted by atomic mass is 9.81. The summed E-state index contributed by atoms with van der Waals surface area (Å²) in [6.07, 6.45) is -5.30. The summed E-state index contributed by atoms with van der Waals surface area (Å²) >= 11 is 12.2. The van der Waals surface area contributed by atoms with Crippen LogP contribution >= 0.6 is 23.2 Å². The molecule has 2 aromatic rings. The van der Waals surface area contributed by atoms with Gasteiger partial charge in [-0.3, -0.25) is 0 Å². The first-order chi connectivity index (χ1) is 14.0. The van der Waals surface area contributed by atoms with Crippen LogP contribution in [0.15, 0.2) is 35.5 Å². The smallest absolute Gasteiger partial charge is 0.435 e. The van der Waals surface area contributed by atoms with Gasteiger partial charge in [-0.05, 0) is 48.6 Å². The van der Waals surface area contributed by atoms with Gasteiger partial charge in [0.05, 0.1) is 28.5 Å². The number of hydrogen-bond acceptors (Lipinski definition) is 4. The quantitative estimate of drug-likeness (QED) is 0.603. The fourth-order valence-corrected chi connectivity index (χ4v) is 4.32. The summed E-state index contributed by atoms with van der Waals surface area (Å²) in [5.74, 6) is 0.0932. The summed E-state index contributed by atoms with van der Waals surface area (Å²) in [5.41, 5.74) is -1.11. The normalized spacial score (nSPS) is 22.2. The Labute approximate surface area is 182 Å². The summed E-state index contributed by atoms with van der Waals surface area (Å²) in [6.45, 7) is 3.76. The lowest BCUT2D eigenvalue weighted by molar-refractivity contribution is -0.275. The molecule has 2 aliphatic heterocycles. The van der Waals surface area contributed by atoms with Crippen molar-refractivity contribution in [2.24, 2.45) is 5.16 Å². The Morgan fingerprint density at radius 3 is 2.40 bits per heavy atom. The molecule has 1 atom stereocenters. The molecule has 2 aliphatic rings. The number of nitrogens with zero attached hydrogens (tertiary/aromatic N) is 1. The molecule has 0 saturated carbocycles. The van der Waals surface area contributed by atoms with Crippen LogP contribution in [0.2, 0.25) is 10.0 Å². The predicted molar refractivity (Wildman–Crippen MR) is 109 cm³/mol. The van der Waals surface area contributed by atoms with Gasteiger partial charge in [-0.2, -0.15) is 13.2 Å². The molecule has 4 rings (SSSR count). The second kappa shape index (κ2) is 7.07. The zero-order valence-electron chi connectivity index (χ0n) is 16.2. The molecular weight excluding hydrogens is 441 g/mol. The van der Waals surface area contributed by atoms with Crippen molar-refractivity contribution in [3.63, 3.8) is 0 Å². The molecule has 4 nitrogen and oxygen atoms in total. The van der Waals surface area contributed by atoms with Crippen LogP contribution in [0.25, 0.3) is 0 Å². The molecule has 0 bridgehead atoms. The molecule has 1 unspecified atom stereocenters. The van der Waals surface area contributed by atoms with Crippen molar-refractivity contribution < 1.29 is 27.4 Å². The van der Waals surface area contributed by atoms with Gasteiger partial charge in [-0.25, -0.2) is 0 Å². The van der Waals surface area contributed by atoms with Crippen LogP contribution < -0.4 is 10.2 Å². The standard InChI is InChI=1S/C20H16BCl2F3NO3/c1-18(2)12-6-10(4-5-13(12)21-29-18)16-9-19(30-27-16,20(24,25)26)11-7-14(22)17(28-3)15(23)8-11/h4-8H,9H2,1-3H3. The van der Waals surface area contributed by atoms with Crippen molar-refractivity contribution in [3.8, 4) is 5.75 Å². The van der Waals surface area contributed by atoms with Crippen LogP contribution in [0.1, 0.15) is 37.0 Å². The molecule has 157 valence electrons. The van der Waals surface area contributed by atoms with Crippen LogP contribution in [0.4, 0.5) is 13.2 Å². The van der Waals surface area contributed by atoms with E-state index in [2.05, 4.69) is 5.16 Å². The first kappa shape index (κ1) is 21.3. The number of benzene rings is 2. The van der Waals surface area contributed by atoms with Crippen LogP contribution in [-0.4, -0.2) is 26.5 Å². The Bertz CT molecular complexity index is 1040. The number of ether oxygens (including phenoxy) is 1. The van der Waals surface area contributed by atoms with E-state index in [0.717, 1.165) is 23.2 Å². The van der Waals surface area contributed by atoms with Crippen molar-refractivity contribution in [2.75, 3.05) is 7.11 Å². The van der Waals surface area contributed by atoms with Crippen molar-refractivity contribution >= 4 is 41.9 Å². The fourth-order valence-electron chi connectivity index (χ4n) is 3.68. The van der Waals surface area contributed by atoms with Gasteiger partial charge in [0, 0.05) is 12.0 Å². The first-order valence-electron chi connectivity index (χ1n) is 9.00. The maximum Gasteiger partial charge on any atom is 0.435 e. The van der Waals surface area contributed by atoms with Gasteiger partial charge in [0.25, 0.3) is 5.60 Å². The summed E-state index contributed by atoms with van der Waals surface area (Å²) in [7, 11) is 2.96. The zero-order chi connectivity index (χ0) is 21.9. The third-order valence-corrected chi connectivity index (χ3v) is 5.93. The minimum Gasteiger partial charge on any atom is -0.494 e. The van der Waals surface area contributed by atoms with E-state index in [4.69, 9.17) is 37.4 Å². The molecule has 0 N–H and O–H groups in total. The summed E-state index contributed by atoms with van der Waals surface area (Å²) < 4.78 is 53.4. The SMILES string of the molecule is COc1c(Cl)cc(C2(C(F)(F)F)CC(c3ccc4c(c3)C(C)(C)O[B]4)=NO2)cc1Cl. The highest BCUT2D eigenvalue weighted by atomic mass is 35.5. The molecule has 0 spiro atoms. The fraction of sp³-hybridized carbons (Fsp3) is 0.350. The zero-order valence-corrected chi connectivity index (χ0v) is 17.7. The van der Waals surface area contributed by atoms with Crippen molar-refractivity contribution in [1.82, 2.24) is 0 Å². The van der Waals surface area contributed by atoms with Crippen molar-refractivity contribution in [3.05, 3.63) is 57.1 Å². The number of halogens is 5. The Morgan fingerprint density at radius 1 is 1.13 bits per heavy atom. The van der Waals surface area contributed by atoms with Crippen molar-refractivity contribution in [1.29, 1.82) is 0 Å². The average molecular weight is 457 g/mol. The van der Waals surface area contributed by atoms with Crippen molar-refractivity contribution in [2.45, 2.75) is 37.6 Å². The Balaban J connectivity index is 1.75. The topological polar surface area (TPSA) is 40.0 Å². The number of oxime groups is 1. The first-order valence-corrected chi connectivity index (χ1v) is 9.75. The lowest BCUT2D eigenvalue weighted by Gasteiger charge is -2.30. The second-order valence-electron chi connectivity index (χ2n) is 7.65. The predicted octanol–water partition coefficient (Wildman–Crippen LogP) is 5.09. The molecular formula is C20H16BCl2F3NO3. The van der Waals surface area contributed by atoms with Gasteiger partial charge in [0.2, 0.25) is 0 Å². The van der Waals surface area contributed by atoms with Gasteiger partial charge in [-0.1, -0.05) is 40.5 Å². The Hall–Kier alpha value is -1.90. The van der Waals surface area contributed by atoms with Crippen LogP contribution in [0.3, 0.4) is 0 Å². The van der Waals surface area contributed by atoms with E-state index < -0.39 is 23.8 Å². The van der Waals surface area contributed by atoms with Gasteiger partial charge in [0.15, 0.2) is 5.75 Å². The molecule has 0 saturated heterocycles. The number of hydrogen-bond donors (Lipinski definition) is 0. The minimum atomic E-state index is -4.77. The van der Waals surface area contributed by atoms with E-state index in [-0.39, 0.29) is 27.1 Å². The van der Waals surface area contributed by atoms with Gasteiger partial charge in [-0.15, -0.1) is 0 Å². The summed E-state index contributed by atoms with van der Waals surface area (Å²) in [6, 6.07) is 7.56. The largest absolute Gasteiger partial charge is 0.494 e. The molecule has 0 aromatic heterocycles. The van der Waals surface area contributed by atoms with E-state index in [1.165, 1.54) is 7.11 Å². The molecule has 0 fully saturated rings. The Morgan fingerprint density at radius 2 is 1.80 bits per heavy atom. The highest BCUT2D eigenvalue weighted by Gasteiger charge is 2.62. The van der Waals surface area contributed by atoms with Gasteiger partial charge < -0.3 is 14.2 Å². The van der Waals surface area contributed by atoms with E-state index in [1.54, 1.807) is 25.7 Å². The molecule has 0 aliphatic carbocycles. The molecule has 0 amide bonds. The maximum atomic E-state index is 14.2. The summed E-state index contributed by atoms with van der Waals surface area (Å²) in [4.78, 5) is 5.08. The monoisotopic (exact) mass is 456 g/mol. The second-order valence-corrected chi connectivity index (χ2v) is 8.47. The van der Waals surface area contributed by atoms with Crippen LogP contribution in [0.5, 0.6) is 5.75 Å². The van der Waals surface area contributed by atoms with E-state index in [0.29, 0.717) is 5.56 Å². The minimum absolute atomic E-state index is 0.0485. The number of rotatable bonds is 3. The van der Waals surface area contributed by atoms with Gasteiger partial charge >= 0.3 is 13.7 Å². The van der Waals surface area contributed by atoms with Gasteiger partial charge in [0.1, 0.15) is 0 Å². The van der Waals surface area contributed by atoms with Crippen LogP contribution in [0, 0.1) is 0 Å². The number of methoxy groups -OCH3 is 1. The lowest BCUT2D eigenvalue weighted by Crippen LogP contribution is -2.42. The third kappa shape index (κ3) is 3.25. The number of fused-ring (bicyclic) bond motifs is 1. The average Bonchev–Trinajstić information content (AvgIpc) is 3.24. The van der Waals surface area contributed by atoms with E-state index in [9.17, 15) is 13.2 Å². The van der Waals surface area contributed by atoms with Crippen LogP contribution in [-0.2, 0) is 20.7 Å². The molecule has 2 aromatic carbocycles. The Kier molecular flexibility index (Phi) is 5.03. The van der Waals surface area contributed by atoms with E-state index in [1.807, 2.05) is 13.8 Å². The summed E-state index contributed by atoms with van der Waals surface area (Å²) in [5, 5.41) is 3.71. The number of alkyl halides is 3. The maximum absolute atomic E-state index is 14.2. The highest BCUT2D eigenvalue weighted by molar-refractivity contribution is 6.49. The molecule has 10 heteroatoms. The highest BCUT2D eigenvalue weighted by Crippen LogP contribution is 2.51.